The molecular weight excluding hydrogens is 368 g/mol. The largest absolute Gasteiger partial charge is 0.508 e. The van der Waals surface area contributed by atoms with Gasteiger partial charge in [0, 0.05) is 22.6 Å². The minimum atomic E-state index is -0.990. The van der Waals surface area contributed by atoms with Crippen molar-refractivity contribution < 1.29 is 19.4 Å². The van der Waals surface area contributed by atoms with Crippen molar-refractivity contribution in [2.24, 2.45) is 0 Å². The molecule has 1 aliphatic heterocycles. The highest BCUT2D eigenvalue weighted by Crippen LogP contribution is 2.41. The van der Waals surface area contributed by atoms with Gasteiger partial charge in [0.15, 0.2) is 5.43 Å². The predicted molar refractivity (Wildman–Crippen MR) is 111 cm³/mol. The fourth-order valence-electron chi connectivity index (χ4n) is 3.69. The van der Waals surface area contributed by atoms with Crippen LogP contribution in [0.2, 0.25) is 0 Å². The van der Waals surface area contributed by atoms with E-state index >= 15 is 0 Å². The van der Waals surface area contributed by atoms with E-state index in [9.17, 15) is 19.8 Å². The number of carboxylic acid groups (broad SMARTS) is 1. The average Bonchev–Trinajstić information content (AvgIpc) is 2.70. The van der Waals surface area contributed by atoms with Crippen LogP contribution in [0.4, 0.5) is 0 Å². The molecule has 29 heavy (non-hydrogen) atoms. The number of carboxylic acids is 1. The van der Waals surface area contributed by atoms with Crippen LogP contribution in [0.3, 0.4) is 0 Å². The molecule has 0 saturated carbocycles. The Bertz CT molecular complexity index is 1440. The molecule has 2 aliphatic rings. The molecule has 140 valence electrons. The Labute approximate surface area is 164 Å². The van der Waals surface area contributed by atoms with Gasteiger partial charge in [0.25, 0.3) is 0 Å². The fraction of sp³-hybridized carbons (Fsp3) is 0. The first-order valence-corrected chi connectivity index (χ1v) is 8.97. The zero-order chi connectivity index (χ0) is 20.1. The van der Waals surface area contributed by atoms with E-state index in [2.05, 4.69) is 0 Å². The smallest absolute Gasteiger partial charge is 0.335 e. The SMILES string of the molecule is O=C(O)c1ccc(-c2c3ccc(=O)cc-3oc3cc4cc(O)ccc4cc23)cc1. The molecule has 0 aromatic heterocycles. The first-order chi connectivity index (χ1) is 14.0. The number of aromatic hydroxyl groups is 1. The summed E-state index contributed by atoms with van der Waals surface area (Å²) in [5.41, 5.74) is 3.04. The van der Waals surface area contributed by atoms with Crippen LogP contribution in [-0.4, -0.2) is 16.2 Å². The lowest BCUT2D eigenvalue weighted by Crippen LogP contribution is -2.00. The van der Waals surface area contributed by atoms with E-state index in [4.69, 9.17) is 4.42 Å². The van der Waals surface area contributed by atoms with Crippen molar-refractivity contribution in [1.29, 1.82) is 0 Å². The molecule has 3 aromatic carbocycles. The lowest BCUT2D eigenvalue weighted by Gasteiger charge is -2.16. The topological polar surface area (TPSA) is 87.7 Å². The third kappa shape index (κ3) is 2.80. The third-order valence-corrected chi connectivity index (χ3v) is 5.05. The standard InChI is InChI=1S/C24H14O5/c25-17-6-5-15-10-20-21(11-16(15)9-17)29-22-12-18(26)7-8-19(22)23(20)13-1-3-14(4-2-13)24(27)28/h1-12,25H,(H,27,28). The predicted octanol–water partition coefficient (Wildman–Crippen LogP) is 5.12. The van der Waals surface area contributed by atoms with Gasteiger partial charge in [-0.25, -0.2) is 4.79 Å². The van der Waals surface area contributed by atoms with Gasteiger partial charge < -0.3 is 14.6 Å². The Kier molecular flexibility index (Phi) is 3.64. The summed E-state index contributed by atoms with van der Waals surface area (Å²) in [6.07, 6.45) is 0. The van der Waals surface area contributed by atoms with Crippen molar-refractivity contribution in [3.8, 4) is 28.2 Å². The van der Waals surface area contributed by atoms with Gasteiger partial charge in [0.2, 0.25) is 0 Å². The summed E-state index contributed by atoms with van der Waals surface area (Å²) < 4.78 is 6.02. The zero-order valence-electron chi connectivity index (χ0n) is 15.0. The molecule has 2 N–H and O–H groups in total. The number of hydrogen-bond acceptors (Lipinski definition) is 4. The van der Waals surface area contributed by atoms with Crippen LogP contribution in [0, 0.1) is 0 Å². The zero-order valence-corrected chi connectivity index (χ0v) is 15.0. The van der Waals surface area contributed by atoms with E-state index in [1.807, 2.05) is 18.2 Å². The van der Waals surface area contributed by atoms with Gasteiger partial charge in [-0.1, -0.05) is 18.2 Å². The second-order valence-electron chi connectivity index (χ2n) is 6.90. The highest BCUT2D eigenvalue weighted by molar-refractivity contribution is 6.07. The summed E-state index contributed by atoms with van der Waals surface area (Å²) in [6.45, 7) is 0. The first-order valence-electron chi connectivity index (χ1n) is 8.97. The summed E-state index contributed by atoms with van der Waals surface area (Å²) in [5, 5.41) is 21.6. The molecule has 0 fully saturated rings. The number of fused-ring (bicyclic) bond motifs is 3. The van der Waals surface area contributed by atoms with Crippen LogP contribution < -0.4 is 5.43 Å². The quantitative estimate of drug-likeness (QED) is 0.414. The molecule has 0 spiro atoms. The van der Waals surface area contributed by atoms with Crippen molar-refractivity contribution in [3.05, 3.63) is 88.6 Å². The lowest BCUT2D eigenvalue weighted by atomic mass is 9.92. The molecule has 3 aromatic rings. The number of benzene rings is 4. The van der Waals surface area contributed by atoms with Gasteiger partial charge in [-0.05, 0) is 64.9 Å². The van der Waals surface area contributed by atoms with Crippen molar-refractivity contribution in [1.82, 2.24) is 0 Å². The van der Waals surface area contributed by atoms with Crippen LogP contribution in [0.5, 0.6) is 5.75 Å². The Morgan fingerprint density at radius 3 is 2.38 bits per heavy atom. The first kappa shape index (κ1) is 17.0. The number of rotatable bonds is 2. The van der Waals surface area contributed by atoms with E-state index in [0.29, 0.717) is 11.3 Å². The maximum absolute atomic E-state index is 11.9. The van der Waals surface area contributed by atoms with E-state index in [1.165, 1.54) is 12.1 Å². The highest BCUT2D eigenvalue weighted by atomic mass is 16.4. The minimum Gasteiger partial charge on any atom is -0.508 e. The van der Waals surface area contributed by atoms with Gasteiger partial charge in [-0.3, -0.25) is 4.79 Å². The molecule has 1 heterocycles. The van der Waals surface area contributed by atoms with Gasteiger partial charge >= 0.3 is 5.97 Å². The third-order valence-electron chi connectivity index (χ3n) is 5.05. The molecule has 1 aliphatic carbocycles. The maximum atomic E-state index is 11.9. The maximum Gasteiger partial charge on any atom is 0.335 e. The number of aromatic carboxylic acids is 1. The second-order valence-corrected chi connectivity index (χ2v) is 6.90. The second kappa shape index (κ2) is 6.21. The summed E-state index contributed by atoms with van der Waals surface area (Å²) in [7, 11) is 0. The van der Waals surface area contributed by atoms with Crippen molar-refractivity contribution >= 4 is 27.7 Å². The van der Waals surface area contributed by atoms with E-state index < -0.39 is 5.97 Å². The summed E-state index contributed by atoms with van der Waals surface area (Å²) in [6, 6.07) is 20.2. The molecule has 0 atom stereocenters. The van der Waals surface area contributed by atoms with E-state index in [-0.39, 0.29) is 16.7 Å². The average molecular weight is 382 g/mol. The van der Waals surface area contributed by atoms with E-state index in [0.717, 1.165) is 32.8 Å². The van der Waals surface area contributed by atoms with Gasteiger partial charge in [0.05, 0.1) is 5.56 Å². The highest BCUT2D eigenvalue weighted by Gasteiger charge is 2.18. The van der Waals surface area contributed by atoms with Crippen molar-refractivity contribution in [2.75, 3.05) is 0 Å². The Morgan fingerprint density at radius 1 is 0.828 bits per heavy atom. The Balaban J connectivity index is 1.91. The molecule has 0 amide bonds. The molecule has 0 bridgehead atoms. The number of hydrogen-bond donors (Lipinski definition) is 2. The molecule has 0 radical (unpaired) electrons. The molecule has 0 unspecified atom stereocenters. The molecular formula is C24H14O5. The number of phenols is 1. The van der Waals surface area contributed by atoms with Crippen LogP contribution in [0.1, 0.15) is 10.4 Å². The van der Waals surface area contributed by atoms with Gasteiger partial charge in [-0.2, -0.15) is 0 Å². The lowest BCUT2D eigenvalue weighted by molar-refractivity contribution is 0.0697. The monoisotopic (exact) mass is 382 g/mol. The number of carbonyl (C=O) groups is 1. The summed E-state index contributed by atoms with van der Waals surface area (Å²) >= 11 is 0. The molecule has 5 nitrogen and oxygen atoms in total. The molecule has 0 saturated heterocycles. The van der Waals surface area contributed by atoms with Crippen LogP contribution in [0.25, 0.3) is 44.2 Å². The molecule has 5 heteroatoms. The summed E-state index contributed by atoms with van der Waals surface area (Å²) in [5.74, 6) is -0.387. The molecule has 5 rings (SSSR count). The van der Waals surface area contributed by atoms with Crippen molar-refractivity contribution in [2.45, 2.75) is 0 Å². The summed E-state index contributed by atoms with van der Waals surface area (Å²) in [4.78, 5) is 23.1. The van der Waals surface area contributed by atoms with Gasteiger partial charge in [-0.15, -0.1) is 0 Å². The van der Waals surface area contributed by atoms with Crippen LogP contribution >= 0.6 is 0 Å². The number of phenolic OH excluding ortho intramolecular Hbond substituents is 1. The van der Waals surface area contributed by atoms with Crippen molar-refractivity contribution in [3.63, 3.8) is 0 Å². The van der Waals surface area contributed by atoms with E-state index in [1.54, 1.807) is 42.5 Å². The Hall–Kier alpha value is -4.12. The van der Waals surface area contributed by atoms with Crippen LogP contribution in [-0.2, 0) is 0 Å². The van der Waals surface area contributed by atoms with Crippen LogP contribution in [0.15, 0.2) is 82.0 Å². The minimum absolute atomic E-state index is 0.156. The van der Waals surface area contributed by atoms with Gasteiger partial charge in [0.1, 0.15) is 17.1 Å². The Morgan fingerprint density at radius 2 is 1.62 bits per heavy atom. The fourth-order valence-corrected chi connectivity index (χ4v) is 3.69. The normalized spacial score (nSPS) is 11.3.